The third kappa shape index (κ3) is 4.72. The number of hydrogen-bond acceptors (Lipinski definition) is 2. The molecular formula is C23H26O2. The van der Waals surface area contributed by atoms with Gasteiger partial charge in [-0.25, -0.2) is 0 Å². The molecule has 0 saturated carbocycles. The van der Waals surface area contributed by atoms with Gasteiger partial charge in [0.05, 0.1) is 31.3 Å². The Kier molecular flexibility index (Phi) is 6.28. The van der Waals surface area contributed by atoms with Crippen LogP contribution in [0, 0.1) is 23.7 Å². The molecule has 0 bridgehead atoms. The van der Waals surface area contributed by atoms with Crippen LogP contribution in [0.25, 0.3) is 0 Å². The van der Waals surface area contributed by atoms with E-state index in [-0.39, 0.29) is 18.1 Å². The van der Waals surface area contributed by atoms with E-state index >= 15 is 0 Å². The van der Waals surface area contributed by atoms with Gasteiger partial charge < -0.3 is 9.47 Å². The van der Waals surface area contributed by atoms with Gasteiger partial charge in [0.1, 0.15) is 0 Å². The van der Waals surface area contributed by atoms with Crippen molar-refractivity contribution >= 4 is 0 Å². The van der Waals surface area contributed by atoms with E-state index in [4.69, 9.17) is 9.47 Å². The quantitative estimate of drug-likeness (QED) is 0.756. The Balaban J connectivity index is 1.74. The van der Waals surface area contributed by atoms with Crippen molar-refractivity contribution in [1.29, 1.82) is 0 Å². The summed E-state index contributed by atoms with van der Waals surface area (Å²) in [5.74, 6) is 7.12. The lowest BCUT2D eigenvalue weighted by Crippen LogP contribution is -2.45. The summed E-state index contributed by atoms with van der Waals surface area (Å²) >= 11 is 0. The average molecular weight is 334 g/mol. The van der Waals surface area contributed by atoms with Crippen LogP contribution in [-0.4, -0.2) is 18.8 Å². The third-order valence-corrected chi connectivity index (χ3v) is 4.85. The van der Waals surface area contributed by atoms with Gasteiger partial charge in [0, 0.05) is 11.5 Å². The maximum absolute atomic E-state index is 6.33. The second-order valence-corrected chi connectivity index (χ2v) is 6.64. The van der Waals surface area contributed by atoms with E-state index in [1.165, 1.54) is 5.56 Å². The predicted molar refractivity (Wildman–Crippen MR) is 101 cm³/mol. The number of benzene rings is 2. The average Bonchev–Trinajstić information content (AvgIpc) is 2.67. The smallest absolute Gasteiger partial charge is 0.0789 e. The highest BCUT2D eigenvalue weighted by Gasteiger charge is 2.37. The molecule has 0 amide bonds. The standard InChI is InChI=1S/C23H26O2/c1-3-22-18(2)23(25-16-20-12-8-5-9-13-20)21(17-24-22)15-14-19-10-6-4-7-11-19/h4-13,18,21-23H,3,16-17H2,1-2H3/t18-,21?,22+,23-/m0/s1. The van der Waals surface area contributed by atoms with Crippen molar-refractivity contribution in [3.8, 4) is 11.8 Å². The lowest BCUT2D eigenvalue weighted by molar-refractivity contribution is -0.137. The van der Waals surface area contributed by atoms with Gasteiger partial charge in [-0.3, -0.25) is 0 Å². The topological polar surface area (TPSA) is 18.5 Å². The maximum Gasteiger partial charge on any atom is 0.0789 e. The predicted octanol–water partition coefficient (Wildman–Crippen LogP) is 4.68. The van der Waals surface area contributed by atoms with E-state index in [2.05, 4.69) is 37.8 Å². The Morgan fingerprint density at radius 2 is 1.72 bits per heavy atom. The normalized spacial score (nSPS) is 25.8. The zero-order chi connectivity index (χ0) is 17.5. The zero-order valence-electron chi connectivity index (χ0n) is 15.0. The molecular weight excluding hydrogens is 308 g/mol. The fourth-order valence-corrected chi connectivity index (χ4v) is 3.40. The van der Waals surface area contributed by atoms with Gasteiger partial charge in [0.15, 0.2) is 0 Å². The van der Waals surface area contributed by atoms with Gasteiger partial charge in [0.2, 0.25) is 0 Å². The number of hydrogen-bond donors (Lipinski definition) is 0. The van der Waals surface area contributed by atoms with Crippen molar-refractivity contribution in [2.75, 3.05) is 6.61 Å². The van der Waals surface area contributed by atoms with Crippen molar-refractivity contribution in [1.82, 2.24) is 0 Å². The molecule has 0 aromatic heterocycles. The molecule has 1 aliphatic rings. The molecule has 1 heterocycles. The van der Waals surface area contributed by atoms with Gasteiger partial charge in [-0.15, -0.1) is 0 Å². The minimum absolute atomic E-state index is 0.0927. The van der Waals surface area contributed by atoms with Crippen LogP contribution in [0.4, 0.5) is 0 Å². The molecule has 0 spiro atoms. The highest BCUT2D eigenvalue weighted by atomic mass is 16.5. The minimum Gasteiger partial charge on any atom is -0.376 e. The van der Waals surface area contributed by atoms with Gasteiger partial charge in [0.25, 0.3) is 0 Å². The van der Waals surface area contributed by atoms with E-state index in [1.54, 1.807) is 0 Å². The largest absolute Gasteiger partial charge is 0.376 e. The molecule has 2 heteroatoms. The first-order chi connectivity index (χ1) is 12.3. The van der Waals surface area contributed by atoms with Crippen LogP contribution in [0.15, 0.2) is 60.7 Å². The van der Waals surface area contributed by atoms with Gasteiger partial charge in [-0.1, -0.05) is 74.2 Å². The second kappa shape index (κ2) is 8.85. The highest BCUT2D eigenvalue weighted by molar-refractivity contribution is 5.34. The van der Waals surface area contributed by atoms with Crippen molar-refractivity contribution in [2.45, 2.75) is 39.1 Å². The summed E-state index contributed by atoms with van der Waals surface area (Å²) < 4.78 is 12.4. The molecule has 1 unspecified atom stereocenters. The van der Waals surface area contributed by atoms with E-state index < -0.39 is 0 Å². The van der Waals surface area contributed by atoms with Crippen LogP contribution in [0.5, 0.6) is 0 Å². The van der Waals surface area contributed by atoms with E-state index in [9.17, 15) is 0 Å². The van der Waals surface area contributed by atoms with Gasteiger partial charge in [-0.2, -0.15) is 0 Å². The second-order valence-electron chi connectivity index (χ2n) is 6.64. The fourth-order valence-electron chi connectivity index (χ4n) is 3.40. The molecule has 130 valence electrons. The fraction of sp³-hybridized carbons (Fsp3) is 0.391. The van der Waals surface area contributed by atoms with Crippen molar-refractivity contribution in [2.24, 2.45) is 11.8 Å². The van der Waals surface area contributed by atoms with E-state index in [0.29, 0.717) is 19.1 Å². The number of rotatable bonds is 4. The van der Waals surface area contributed by atoms with Crippen LogP contribution < -0.4 is 0 Å². The van der Waals surface area contributed by atoms with Crippen molar-refractivity contribution in [3.05, 3.63) is 71.8 Å². The summed E-state index contributed by atoms with van der Waals surface area (Å²) in [6, 6.07) is 20.4. The number of ether oxygens (including phenoxy) is 2. The van der Waals surface area contributed by atoms with Crippen molar-refractivity contribution in [3.63, 3.8) is 0 Å². The Morgan fingerprint density at radius 3 is 2.40 bits per heavy atom. The van der Waals surface area contributed by atoms with Crippen LogP contribution in [0.2, 0.25) is 0 Å². The lowest BCUT2D eigenvalue weighted by Gasteiger charge is -2.39. The van der Waals surface area contributed by atoms with Crippen LogP contribution in [-0.2, 0) is 16.1 Å². The molecule has 0 N–H and O–H groups in total. The first-order valence-corrected chi connectivity index (χ1v) is 9.11. The summed E-state index contributed by atoms with van der Waals surface area (Å²) in [5, 5.41) is 0. The Bertz CT molecular complexity index is 699. The first-order valence-electron chi connectivity index (χ1n) is 9.11. The molecule has 2 nitrogen and oxygen atoms in total. The Morgan fingerprint density at radius 1 is 1.04 bits per heavy atom. The van der Waals surface area contributed by atoms with Crippen LogP contribution in [0.1, 0.15) is 31.4 Å². The summed E-state index contributed by atoms with van der Waals surface area (Å²) in [5.41, 5.74) is 2.23. The van der Waals surface area contributed by atoms with Crippen LogP contribution in [0.3, 0.4) is 0 Å². The van der Waals surface area contributed by atoms with E-state index in [0.717, 1.165) is 12.0 Å². The first kappa shape index (κ1) is 17.7. The lowest BCUT2D eigenvalue weighted by atomic mass is 9.85. The molecule has 0 radical (unpaired) electrons. The molecule has 25 heavy (non-hydrogen) atoms. The molecule has 4 atom stereocenters. The molecule has 0 aliphatic carbocycles. The van der Waals surface area contributed by atoms with E-state index in [1.807, 2.05) is 48.5 Å². The third-order valence-electron chi connectivity index (χ3n) is 4.85. The molecule has 1 saturated heterocycles. The molecule has 2 aromatic carbocycles. The van der Waals surface area contributed by atoms with Gasteiger partial charge in [-0.05, 0) is 24.1 Å². The zero-order valence-corrected chi connectivity index (χ0v) is 15.0. The molecule has 1 fully saturated rings. The Labute approximate surface area is 151 Å². The summed E-state index contributed by atoms with van der Waals surface area (Å²) in [6.07, 6.45) is 1.34. The monoisotopic (exact) mass is 334 g/mol. The maximum atomic E-state index is 6.33. The highest BCUT2D eigenvalue weighted by Crippen LogP contribution is 2.30. The summed E-state index contributed by atoms with van der Waals surface area (Å²) in [7, 11) is 0. The Hall–Kier alpha value is -2.08. The SMILES string of the molecule is CC[C@H]1OCC(C#Cc2ccccc2)[C@@H](OCc2ccccc2)[C@H]1C. The minimum atomic E-state index is 0.0927. The molecule has 1 aliphatic heterocycles. The van der Waals surface area contributed by atoms with Gasteiger partial charge >= 0.3 is 0 Å². The molecule has 2 aromatic rings. The molecule has 3 rings (SSSR count). The van der Waals surface area contributed by atoms with Crippen LogP contribution >= 0.6 is 0 Å². The summed E-state index contributed by atoms with van der Waals surface area (Å²) in [6.45, 7) is 5.66. The summed E-state index contributed by atoms with van der Waals surface area (Å²) in [4.78, 5) is 0. The van der Waals surface area contributed by atoms with Crippen molar-refractivity contribution < 1.29 is 9.47 Å².